The number of aryl methyl sites for hydroxylation is 1. The van der Waals surface area contributed by atoms with Crippen LogP contribution >= 0.6 is 11.6 Å². The Hall–Kier alpha value is -2.49. The molecule has 4 rings (SSSR count). The molecule has 2 fully saturated rings. The SMILES string of the molecule is CCn1nc(C(=O)NCC2(O)CCC(S(C)(=O)=O)CC2)c(Cl)c1-c1ccc([C@]2(O)CC[C@H](C(F)(F)F)CC2)cc1OC(F)F. The minimum Gasteiger partial charge on any atom is -0.434 e. The largest absolute Gasteiger partial charge is 0.434 e. The van der Waals surface area contributed by atoms with Crippen molar-refractivity contribution in [2.24, 2.45) is 5.92 Å². The molecule has 0 spiro atoms. The first kappa shape index (κ1) is 34.4. The lowest BCUT2D eigenvalue weighted by molar-refractivity contribution is -0.193. The Morgan fingerprint density at radius 3 is 2.30 bits per heavy atom. The maximum atomic E-state index is 13.5. The first-order valence-electron chi connectivity index (χ1n) is 14.2. The van der Waals surface area contributed by atoms with Gasteiger partial charge in [-0.2, -0.15) is 27.1 Å². The Morgan fingerprint density at radius 2 is 1.77 bits per heavy atom. The number of alkyl halides is 5. The molecule has 1 aromatic heterocycles. The molecule has 0 bridgehead atoms. The molecule has 2 aliphatic rings. The zero-order valence-corrected chi connectivity index (χ0v) is 25.7. The van der Waals surface area contributed by atoms with E-state index >= 15 is 0 Å². The number of sulfone groups is 1. The number of amides is 1. The fourth-order valence-electron chi connectivity index (χ4n) is 6.05. The molecular weight excluding hydrogens is 637 g/mol. The number of ether oxygens (including phenoxy) is 1. The van der Waals surface area contributed by atoms with Crippen molar-refractivity contribution in [2.45, 2.75) is 94.1 Å². The van der Waals surface area contributed by atoms with Gasteiger partial charge in [-0.1, -0.05) is 17.7 Å². The molecule has 1 aromatic carbocycles. The van der Waals surface area contributed by atoms with Crippen LogP contribution in [0.25, 0.3) is 11.3 Å². The summed E-state index contributed by atoms with van der Waals surface area (Å²) in [6.45, 7) is -1.67. The predicted octanol–water partition coefficient (Wildman–Crippen LogP) is 5.21. The highest BCUT2D eigenvalue weighted by Crippen LogP contribution is 2.47. The van der Waals surface area contributed by atoms with Gasteiger partial charge < -0.3 is 20.3 Å². The molecule has 0 saturated heterocycles. The molecule has 2 aromatic rings. The number of halogens is 6. The van der Waals surface area contributed by atoms with Gasteiger partial charge in [0.25, 0.3) is 5.91 Å². The number of carbonyl (C=O) groups excluding carboxylic acids is 1. The summed E-state index contributed by atoms with van der Waals surface area (Å²) in [6.07, 6.45) is -3.60. The number of nitrogens with one attached hydrogen (secondary N) is 1. The third-order valence-corrected chi connectivity index (χ3v) is 10.8. The molecule has 0 unspecified atom stereocenters. The Labute approximate surface area is 256 Å². The highest BCUT2D eigenvalue weighted by Gasteiger charge is 2.46. The number of carbonyl (C=O) groups is 1. The third kappa shape index (κ3) is 7.48. The standard InChI is InChI=1S/C28H35ClF5N3O6S/c1-3-37-23(21(29)22(36-37)24(38)35-15-26(39)10-8-18(9-11-26)44(2,41)42)19-5-4-17(14-20(19)43-25(30)31)27(40)12-6-16(7-13-27)28(32,33)34/h4-5,14,16,18,25,39-40H,3,6-13,15H2,1-2H3,(H,35,38)/t16-,18?,26?,27-. The molecule has 44 heavy (non-hydrogen) atoms. The topological polar surface area (TPSA) is 131 Å². The van der Waals surface area contributed by atoms with Crippen molar-refractivity contribution < 1.29 is 50.1 Å². The molecule has 16 heteroatoms. The van der Waals surface area contributed by atoms with E-state index in [0.717, 1.165) is 12.3 Å². The van der Waals surface area contributed by atoms with Gasteiger partial charge in [0, 0.05) is 24.9 Å². The number of aromatic nitrogens is 2. The summed E-state index contributed by atoms with van der Waals surface area (Å²) in [6, 6.07) is 3.87. The van der Waals surface area contributed by atoms with Gasteiger partial charge in [0.15, 0.2) is 5.69 Å². The molecule has 1 heterocycles. The number of rotatable bonds is 9. The molecular formula is C28H35ClF5N3O6S. The molecule has 246 valence electrons. The summed E-state index contributed by atoms with van der Waals surface area (Å²) >= 11 is 6.57. The van der Waals surface area contributed by atoms with Crippen molar-refractivity contribution in [1.82, 2.24) is 15.1 Å². The first-order valence-corrected chi connectivity index (χ1v) is 16.5. The quantitative estimate of drug-likeness (QED) is 0.312. The van der Waals surface area contributed by atoms with E-state index in [9.17, 15) is 45.4 Å². The monoisotopic (exact) mass is 671 g/mol. The second-order valence-corrected chi connectivity index (χ2v) is 14.4. The van der Waals surface area contributed by atoms with Crippen LogP contribution in [0.3, 0.4) is 0 Å². The van der Waals surface area contributed by atoms with Gasteiger partial charge in [-0.05, 0) is 76.0 Å². The minimum absolute atomic E-state index is 0.0118. The number of aliphatic hydroxyl groups is 2. The molecule has 2 aliphatic carbocycles. The molecule has 2 saturated carbocycles. The van der Waals surface area contributed by atoms with E-state index in [2.05, 4.69) is 10.4 Å². The van der Waals surface area contributed by atoms with Crippen LogP contribution in [0.2, 0.25) is 5.02 Å². The van der Waals surface area contributed by atoms with E-state index in [1.807, 2.05) is 0 Å². The van der Waals surface area contributed by atoms with Gasteiger partial charge in [-0.25, -0.2) is 8.42 Å². The van der Waals surface area contributed by atoms with Gasteiger partial charge in [0.05, 0.1) is 33.1 Å². The van der Waals surface area contributed by atoms with Gasteiger partial charge in [-0.3, -0.25) is 9.48 Å². The number of hydrogen-bond donors (Lipinski definition) is 3. The molecule has 1 amide bonds. The van der Waals surface area contributed by atoms with Crippen LogP contribution in [0.5, 0.6) is 5.75 Å². The minimum atomic E-state index is -4.40. The van der Waals surface area contributed by atoms with E-state index in [-0.39, 0.29) is 92.0 Å². The molecule has 0 aliphatic heterocycles. The summed E-state index contributed by atoms with van der Waals surface area (Å²) < 4.78 is 96.2. The van der Waals surface area contributed by atoms with Gasteiger partial charge in [0.1, 0.15) is 15.6 Å². The summed E-state index contributed by atoms with van der Waals surface area (Å²) in [7, 11) is -3.26. The number of nitrogens with zero attached hydrogens (tertiary/aromatic N) is 2. The van der Waals surface area contributed by atoms with Crippen LogP contribution in [-0.4, -0.2) is 70.8 Å². The Balaban J connectivity index is 1.58. The number of benzene rings is 1. The lowest BCUT2D eigenvalue weighted by Crippen LogP contribution is -2.47. The average Bonchev–Trinajstić information content (AvgIpc) is 3.27. The van der Waals surface area contributed by atoms with E-state index in [1.165, 1.54) is 16.8 Å². The van der Waals surface area contributed by atoms with Crippen molar-refractivity contribution in [3.8, 4) is 17.0 Å². The maximum Gasteiger partial charge on any atom is 0.391 e. The van der Waals surface area contributed by atoms with Crippen molar-refractivity contribution >= 4 is 27.3 Å². The summed E-state index contributed by atoms with van der Waals surface area (Å²) in [4.78, 5) is 13.1. The van der Waals surface area contributed by atoms with Crippen LogP contribution in [0.15, 0.2) is 18.2 Å². The Kier molecular flexibility index (Phi) is 9.94. The van der Waals surface area contributed by atoms with E-state index < -0.39 is 56.7 Å². The van der Waals surface area contributed by atoms with Crippen LogP contribution in [0, 0.1) is 5.92 Å². The second kappa shape index (κ2) is 12.7. The molecule has 0 atom stereocenters. The van der Waals surface area contributed by atoms with Crippen LogP contribution in [0.4, 0.5) is 22.0 Å². The zero-order valence-electron chi connectivity index (χ0n) is 24.1. The van der Waals surface area contributed by atoms with Crippen LogP contribution in [0.1, 0.15) is 74.3 Å². The van der Waals surface area contributed by atoms with Gasteiger partial charge in [0.2, 0.25) is 0 Å². The normalized spacial score (nSPS) is 26.5. The van der Waals surface area contributed by atoms with E-state index in [1.54, 1.807) is 6.92 Å². The van der Waals surface area contributed by atoms with Crippen molar-refractivity contribution in [1.29, 1.82) is 0 Å². The van der Waals surface area contributed by atoms with E-state index in [4.69, 9.17) is 16.3 Å². The van der Waals surface area contributed by atoms with Crippen molar-refractivity contribution in [2.75, 3.05) is 12.8 Å². The lowest BCUT2D eigenvalue weighted by atomic mass is 9.75. The Bertz CT molecular complexity index is 1470. The highest BCUT2D eigenvalue weighted by molar-refractivity contribution is 7.91. The van der Waals surface area contributed by atoms with Crippen molar-refractivity contribution in [3.05, 3.63) is 34.5 Å². The summed E-state index contributed by atoms with van der Waals surface area (Å²) in [5, 5.41) is 28.1. The smallest absolute Gasteiger partial charge is 0.391 e. The van der Waals surface area contributed by atoms with E-state index in [0.29, 0.717) is 0 Å². The first-order chi connectivity index (χ1) is 20.4. The van der Waals surface area contributed by atoms with Crippen LogP contribution < -0.4 is 10.1 Å². The zero-order chi connectivity index (χ0) is 32.7. The average molecular weight is 672 g/mol. The maximum absolute atomic E-state index is 13.5. The van der Waals surface area contributed by atoms with Crippen LogP contribution in [-0.2, 0) is 22.0 Å². The summed E-state index contributed by atoms with van der Waals surface area (Å²) in [5.74, 6) is -2.74. The molecule has 9 nitrogen and oxygen atoms in total. The third-order valence-electron chi connectivity index (χ3n) is 8.72. The summed E-state index contributed by atoms with van der Waals surface area (Å²) in [5.41, 5.74) is -3.12. The fourth-order valence-corrected chi connectivity index (χ4v) is 7.46. The highest BCUT2D eigenvalue weighted by atomic mass is 35.5. The van der Waals surface area contributed by atoms with Gasteiger partial charge >= 0.3 is 12.8 Å². The lowest BCUT2D eigenvalue weighted by Gasteiger charge is -2.37. The van der Waals surface area contributed by atoms with Gasteiger partial charge in [-0.15, -0.1) is 0 Å². The number of hydrogen-bond acceptors (Lipinski definition) is 7. The second-order valence-electron chi connectivity index (χ2n) is 11.7. The predicted molar refractivity (Wildman–Crippen MR) is 151 cm³/mol. The molecule has 0 radical (unpaired) electrons. The van der Waals surface area contributed by atoms with Crippen molar-refractivity contribution in [3.63, 3.8) is 0 Å². The Morgan fingerprint density at radius 1 is 1.16 bits per heavy atom. The fraction of sp³-hybridized carbons (Fsp3) is 0.643. The molecule has 3 N–H and O–H groups in total.